The molecule has 0 radical (unpaired) electrons. The largest absolute Gasteiger partial charge is 0.444 e. The van der Waals surface area contributed by atoms with Crippen LogP contribution in [0.25, 0.3) is 0 Å². The van der Waals surface area contributed by atoms with Crippen molar-refractivity contribution in [3.05, 3.63) is 35.4 Å². The summed E-state index contributed by atoms with van der Waals surface area (Å²) in [4.78, 5) is 41.0. The number of amides is 3. The van der Waals surface area contributed by atoms with E-state index in [4.69, 9.17) is 4.74 Å². The molecule has 3 amide bonds. The van der Waals surface area contributed by atoms with E-state index < -0.39 is 23.8 Å². The standard InChI is InChI=1S/C26H43N3O4S/c1-7-10-16-27-23(30)22(20-14-12-19(9-3)13-15-20)29(17-11-8-2)24(31)21(18-34)28-25(32)33-26(4,5)6/h12-15,21-22,34H,7-11,16-18H2,1-6H3,(H,27,30)(H,28,32). The molecule has 0 saturated heterocycles. The van der Waals surface area contributed by atoms with Crippen molar-refractivity contribution in [1.29, 1.82) is 0 Å². The minimum atomic E-state index is -0.920. The summed E-state index contributed by atoms with van der Waals surface area (Å²) in [6.45, 7) is 12.4. The Labute approximate surface area is 210 Å². The minimum Gasteiger partial charge on any atom is -0.444 e. The molecule has 7 nitrogen and oxygen atoms in total. The molecule has 0 heterocycles. The zero-order chi connectivity index (χ0) is 25.7. The smallest absolute Gasteiger partial charge is 0.408 e. The van der Waals surface area contributed by atoms with Gasteiger partial charge >= 0.3 is 6.09 Å². The highest BCUT2D eigenvalue weighted by molar-refractivity contribution is 7.80. The van der Waals surface area contributed by atoms with E-state index in [0.717, 1.165) is 43.2 Å². The molecule has 0 aliphatic rings. The van der Waals surface area contributed by atoms with Crippen LogP contribution in [-0.4, -0.2) is 53.3 Å². The van der Waals surface area contributed by atoms with Crippen molar-refractivity contribution in [1.82, 2.24) is 15.5 Å². The van der Waals surface area contributed by atoms with Gasteiger partial charge < -0.3 is 20.3 Å². The fourth-order valence-electron chi connectivity index (χ4n) is 3.42. The number of nitrogens with zero attached hydrogens (tertiary/aromatic N) is 1. The van der Waals surface area contributed by atoms with Crippen molar-refractivity contribution in [2.24, 2.45) is 0 Å². The Morgan fingerprint density at radius 2 is 1.65 bits per heavy atom. The van der Waals surface area contributed by atoms with Gasteiger partial charge in [0.2, 0.25) is 11.8 Å². The number of benzene rings is 1. The number of thiol groups is 1. The van der Waals surface area contributed by atoms with E-state index in [1.807, 2.05) is 31.2 Å². The number of carbonyl (C=O) groups is 3. The average Bonchev–Trinajstić information content (AvgIpc) is 2.78. The van der Waals surface area contributed by atoms with Crippen molar-refractivity contribution in [2.45, 2.75) is 91.3 Å². The molecular weight excluding hydrogens is 450 g/mol. The molecule has 192 valence electrons. The Morgan fingerprint density at radius 1 is 1.03 bits per heavy atom. The van der Waals surface area contributed by atoms with Crippen LogP contribution in [0, 0.1) is 0 Å². The predicted molar refractivity (Wildman–Crippen MR) is 140 cm³/mol. The fraction of sp³-hybridized carbons (Fsp3) is 0.654. The number of alkyl carbamates (subject to hydrolysis) is 1. The van der Waals surface area contributed by atoms with E-state index in [2.05, 4.69) is 37.1 Å². The van der Waals surface area contributed by atoms with Gasteiger partial charge in [-0.05, 0) is 51.2 Å². The first-order chi connectivity index (χ1) is 16.1. The van der Waals surface area contributed by atoms with Crippen LogP contribution >= 0.6 is 12.6 Å². The van der Waals surface area contributed by atoms with Crippen LogP contribution in [0.1, 0.15) is 84.4 Å². The highest BCUT2D eigenvalue weighted by Gasteiger charge is 2.35. The third kappa shape index (κ3) is 9.95. The fourth-order valence-corrected chi connectivity index (χ4v) is 3.67. The quantitative estimate of drug-likeness (QED) is 0.276. The van der Waals surface area contributed by atoms with Crippen molar-refractivity contribution in [2.75, 3.05) is 18.8 Å². The predicted octanol–water partition coefficient (Wildman–Crippen LogP) is 4.66. The average molecular weight is 494 g/mol. The lowest BCUT2D eigenvalue weighted by molar-refractivity contribution is -0.142. The molecule has 0 fully saturated rings. The minimum absolute atomic E-state index is 0.0830. The second-order valence-electron chi connectivity index (χ2n) is 9.41. The third-order valence-corrected chi connectivity index (χ3v) is 5.67. The van der Waals surface area contributed by atoms with Crippen molar-refractivity contribution in [3.8, 4) is 0 Å². The Bertz CT molecular complexity index is 777. The summed E-state index contributed by atoms with van der Waals surface area (Å²) in [5.74, 6) is -0.499. The normalized spacial score (nSPS) is 13.0. The van der Waals surface area contributed by atoms with Gasteiger partial charge in [-0.2, -0.15) is 12.6 Å². The molecule has 8 heteroatoms. The van der Waals surface area contributed by atoms with E-state index in [1.165, 1.54) is 0 Å². The van der Waals surface area contributed by atoms with Crippen LogP contribution in [0.5, 0.6) is 0 Å². The SMILES string of the molecule is CCCCNC(=O)C(c1ccc(CC)cc1)N(CCCC)C(=O)C(CS)NC(=O)OC(C)(C)C. The van der Waals surface area contributed by atoms with E-state index in [0.29, 0.717) is 13.1 Å². The summed E-state index contributed by atoms with van der Waals surface area (Å²) in [5.41, 5.74) is 1.20. The Kier molecular flexibility index (Phi) is 13.1. The third-order valence-electron chi connectivity index (χ3n) is 5.30. The number of nitrogens with one attached hydrogen (secondary N) is 2. The van der Waals surface area contributed by atoms with Crippen molar-refractivity contribution < 1.29 is 19.1 Å². The monoisotopic (exact) mass is 493 g/mol. The van der Waals surface area contributed by atoms with E-state index in [-0.39, 0.29) is 17.6 Å². The Balaban J connectivity index is 3.31. The molecule has 0 bridgehead atoms. The summed E-state index contributed by atoms with van der Waals surface area (Å²) >= 11 is 4.31. The van der Waals surface area contributed by atoms with Gasteiger partial charge in [0.1, 0.15) is 17.7 Å². The van der Waals surface area contributed by atoms with Crippen LogP contribution in [0.2, 0.25) is 0 Å². The van der Waals surface area contributed by atoms with E-state index in [1.54, 1.807) is 25.7 Å². The number of rotatable bonds is 13. The number of aryl methyl sites for hydroxylation is 1. The van der Waals surface area contributed by atoms with Gasteiger partial charge in [-0.15, -0.1) is 0 Å². The highest BCUT2D eigenvalue weighted by Crippen LogP contribution is 2.24. The molecule has 0 aliphatic carbocycles. The van der Waals surface area contributed by atoms with Crippen LogP contribution in [0.15, 0.2) is 24.3 Å². The molecule has 2 atom stereocenters. The molecule has 0 saturated carbocycles. The second kappa shape index (κ2) is 14.9. The summed E-state index contributed by atoms with van der Waals surface area (Å²) in [5, 5.41) is 5.62. The number of carbonyl (C=O) groups excluding carboxylic acids is 3. The molecule has 2 N–H and O–H groups in total. The molecule has 1 aromatic carbocycles. The van der Waals surface area contributed by atoms with Crippen LogP contribution in [0.4, 0.5) is 4.79 Å². The van der Waals surface area contributed by atoms with Crippen LogP contribution < -0.4 is 10.6 Å². The van der Waals surface area contributed by atoms with Gasteiger partial charge in [-0.25, -0.2) is 4.79 Å². The van der Waals surface area contributed by atoms with Crippen LogP contribution in [-0.2, 0) is 20.7 Å². The molecular formula is C26H43N3O4S. The van der Waals surface area contributed by atoms with Gasteiger partial charge in [0.05, 0.1) is 0 Å². The molecule has 0 spiro atoms. The van der Waals surface area contributed by atoms with Gasteiger partial charge in [-0.1, -0.05) is 57.9 Å². The maximum atomic E-state index is 13.7. The highest BCUT2D eigenvalue weighted by atomic mass is 32.1. The van der Waals surface area contributed by atoms with Gasteiger partial charge in [0.25, 0.3) is 0 Å². The lowest BCUT2D eigenvalue weighted by Crippen LogP contribution is -2.54. The topological polar surface area (TPSA) is 87.7 Å². The summed E-state index contributed by atoms with van der Waals surface area (Å²) < 4.78 is 5.33. The summed E-state index contributed by atoms with van der Waals surface area (Å²) in [6.07, 6.45) is 3.59. The molecule has 1 aromatic rings. The zero-order valence-corrected chi connectivity index (χ0v) is 22.5. The van der Waals surface area contributed by atoms with Gasteiger partial charge in [0, 0.05) is 18.8 Å². The first kappa shape index (κ1) is 29.8. The maximum absolute atomic E-state index is 13.7. The van der Waals surface area contributed by atoms with Crippen molar-refractivity contribution in [3.63, 3.8) is 0 Å². The molecule has 1 rings (SSSR count). The maximum Gasteiger partial charge on any atom is 0.408 e. The lowest BCUT2D eigenvalue weighted by atomic mass is 10.00. The van der Waals surface area contributed by atoms with E-state index in [9.17, 15) is 14.4 Å². The van der Waals surface area contributed by atoms with Crippen LogP contribution in [0.3, 0.4) is 0 Å². The molecule has 0 aromatic heterocycles. The van der Waals surface area contributed by atoms with Gasteiger partial charge in [-0.3, -0.25) is 9.59 Å². The molecule has 0 aliphatic heterocycles. The number of unbranched alkanes of at least 4 members (excludes halogenated alkanes) is 2. The number of hydrogen-bond acceptors (Lipinski definition) is 5. The molecule has 2 unspecified atom stereocenters. The second-order valence-corrected chi connectivity index (χ2v) is 9.77. The van der Waals surface area contributed by atoms with E-state index >= 15 is 0 Å². The number of ether oxygens (including phenoxy) is 1. The molecule has 34 heavy (non-hydrogen) atoms. The van der Waals surface area contributed by atoms with Gasteiger partial charge in [0.15, 0.2) is 0 Å². The first-order valence-electron chi connectivity index (χ1n) is 12.3. The Hall–Kier alpha value is -2.22. The summed E-state index contributed by atoms with van der Waals surface area (Å²) in [7, 11) is 0. The zero-order valence-electron chi connectivity index (χ0n) is 21.6. The Morgan fingerprint density at radius 3 is 2.15 bits per heavy atom. The first-order valence-corrected chi connectivity index (χ1v) is 13.0. The number of hydrogen-bond donors (Lipinski definition) is 3. The summed E-state index contributed by atoms with van der Waals surface area (Å²) in [6, 6.07) is 6.07. The lowest BCUT2D eigenvalue weighted by Gasteiger charge is -2.34. The van der Waals surface area contributed by atoms with Crippen molar-refractivity contribution >= 4 is 30.5 Å².